The number of fused-ring (bicyclic) bond motifs is 1. The van der Waals surface area contributed by atoms with Gasteiger partial charge in [-0.15, -0.1) is 0 Å². The fourth-order valence-corrected chi connectivity index (χ4v) is 2.24. The summed E-state index contributed by atoms with van der Waals surface area (Å²) in [5.74, 6) is 1.83. The standard InChI is InChI=1S/C12H15NO2/c1-14-9-3-4-11-10(7-9)13-8-12(15-11)5-2-6-12/h3-4,7,13H,2,5-6,8H2,1H3. The van der Waals surface area contributed by atoms with Crippen LogP contribution >= 0.6 is 0 Å². The van der Waals surface area contributed by atoms with Crippen molar-refractivity contribution in [2.75, 3.05) is 19.0 Å². The molecule has 0 saturated heterocycles. The van der Waals surface area contributed by atoms with Crippen molar-refractivity contribution in [2.45, 2.75) is 24.9 Å². The van der Waals surface area contributed by atoms with E-state index in [9.17, 15) is 0 Å². The summed E-state index contributed by atoms with van der Waals surface area (Å²) in [6.07, 6.45) is 3.63. The highest BCUT2D eigenvalue weighted by atomic mass is 16.5. The van der Waals surface area contributed by atoms with Crippen molar-refractivity contribution in [3.8, 4) is 11.5 Å². The third-order valence-corrected chi connectivity index (χ3v) is 3.38. The summed E-state index contributed by atoms with van der Waals surface area (Å²) in [6.45, 7) is 0.924. The van der Waals surface area contributed by atoms with Gasteiger partial charge in [-0.2, -0.15) is 0 Å². The molecule has 0 unspecified atom stereocenters. The minimum atomic E-state index is 0.0849. The molecule has 1 spiro atoms. The number of anilines is 1. The summed E-state index contributed by atoms with van der Waals surface area (Å²) in [4.78, 5) is 0. The predicted octanol–water partition coefficient (Wildman–Crippen LogP) is 2.42. The van der Waals surface area contributed by atoms with Crippen molar-refractivity contribution in [3.63, 3.8) is 0 Å². The third-order valence-electron chi connectivity index (χ3n) is 3.38. The molecule has 1 heterocycles. The van der Waals surface area contributed by atoms with Crippen molar-refractivity contribution < 1.29 is 9.47 Å². The smallest absolute Gasteiger partial charge is 0.143 e. The van der Waals surface area contributed by atoms with Crippen LogP contribution in [-0.4, -0.2) is 19.3 Å². The third kappa shape index (κ3) is 1.34. The zero-order chi connectivity index (χ0) is 10.3. The highest BCUT2D eigenvalue weighted by Gasteiger charge is 2.42. The molecule has 3 nitrogen and oxygen atoms in total. The number of methoxy groups -OCH3 is 1. The van der Waals surface area contributed by atoms with Gasteiger partial charge in [0.1, 0.15) is 17.1 Å². The molecule has 3 rings (SSSR count). The van der Waals surface area contributed by atoms with Gasteiger partial charge >= 0.3 is 0 Å². The average molecular weight is 205 g/mol. The SMILES string of the molecule is COc1ccc2c(c1)NCC1(CCC1)O2. The Labute approximate surface area is 89.4 Å². The van der Waals surface area contributed by atoms with Gasteiger partial charge in [0, 0.05) is 6.07 Å². The minimum Gasteiger partial charge on any atom is -0.497 e. The zero-order valence-corrected chi connectivity index (χ0v) is 8.88. The van der Waals surface area contributed by atoms with Crippen LogP contribution in [0.1, 0.15) is 19.3 Å². The Morgan fingerprint density at radius 2 is 2.27 bits per heavy atom. The van der Waals surface area contributed by atoms with Crippen LogP contribution in [0.15, 0.2) is 18.2 Å². The minimum absolute atomic E-state index is 0.0849. The molecule has 0 aromatic heterocycles. The van der Waals surface area contributed by atoms with E-state index in [2.05, 4.69) is 5.32 Å². The Balaban J connectivity index is 1.90. The Morgan fingerprint density at radius 1 is 1.40 bits per heavy atom. The number of hydrogen-bond acceptors (Lipinski definition) is 3. The molecule has 0 bridgehead atoms. The van der Waals surface area contributed by atoms with Gasteiger partial charge in [0.15, 0.2) is 0 Å². The van der Waals surface area contributed by atoms with Crippen molar-refractivity contribution in [1.29, 1.82) is 0 Å². The summed E-state index contributed by atoms with van der Waals surface area (Å²) in [6, 6.07) is 5.92. The second-order valence-corrected chi connectivity index (χ2v) is 4.35. The number of hydrogen-bond donors (Lipinski definition) is 1. The lowest BCUT2D eigenvalue weighted by Crippen LogP contribution is -2.51. The first-order chi connectivity index (χ1) is 7.31. The molecular weight excluding hydrogens is 190 g/mol. The van der Waals surface area contributed by atoms with Crippen LogP contribution in [0.3, 0.4) is 0 Å². The Kier molecular flexibility index (Phi) is 1.81. The zero-order valence-electron chi connectivity index (χ0n) is 8.88. The molecule has 1 aliphatic heterocycles. The second-order valence-electron chi connectivity index (χ2n) is 4.35. The van der Waals surface area contributed by atoms with Crippen molar-refractivity contribution in [1.82, 2.24) is 0 Å². The summed E-state index contributed by atoms with van der Waals surface area (Å²) in [5, 5.41) is 3.43. The van der Waals surface area contributed by atoms with Gasteiger partial charge in [0.25, 0.3) is 0 Å². The Bertz CT molecular complexity index is 385. The van der Waals surface area contributed by atoms with Crippen LogP contribution in [0, 0.1) is 0 Å². The topological polar surface area (TPSA) is 30.5 Å². The van der Waals surface area contributed by atoms with Crippen LogP contribution < -0.4 is 14.8 Å². The summed E-state index contributed by atoms with van der Waals surface area (Å²) < 4.78 is 11.2. The van der Waals surface area contributed by atoms with E-state index in [0.29, 0.717) is 0 Å². The monoisotopic (exact) mass is 205 g/mol. The first-order valence-corrected chi connectivity index (χ1v) is 5.42. The molecule has 1 aromatic rings. The fourth-order valence-electron chi connectivity index (χ4n) is 2.24. The van der Waals surface area contributed by atoms with E-state index in [-0.39, 0.29) is 5.60 Å². The fraction of sp³-hybridized carbons (Fsp3) is 0.500. The first kappa shape index (κ1) is 8.89. The van der Waals surface area contributed by atoms with Gasteiger partial charge in [-0.1, -0.05) is 0 Å². The van der Waals surface area contributed by atoms with Gasteiger partial charge in [0.2, 0.25) is 0 Å². The maximum Gasteiger partial charge on any atom is 0.143 e. The van der Waals surface area contributed by atoms with E-state index < -0.39 is 0 Å². The van der Waals surface area contributed by atoms with Gasteiger partial charge in [-0.05, 0) is 31.4 Å². The summed E-state index contributed by atoms with van der Waals surface area (Å²) in [7, 11) is 1.68. The lowest BCUT2D eigenvalue weighted by atomic mass is 9.79. The molecule has 0 atom stereocenters. The van der Waals surface area contributed by atoms with E-state index in [1.54, 1.807) is 7.11 Å². The predicted molar refractivity (Wildman–Crippen MR) is 58.7 cm³/mol. The maximum absolute atomic E-state index is 6.04. The normalized spacial score (nSPS) is 20.9. The molecule has 1 aliphatic carbocycles. The van der Waals surface area contributed by atoms with Crippen LogP contribution in [0.2, 0.25) is 0 Å². The molecule has 1 saturated carbocycles. The molecule has 1 aromatic carbocycles. The Morgan fingerprint density at radius 3 is 2.93 bits per heavy atom. The Hall–Kier alpha value is -1.38. The molecule has 2 aliphatic rings. The van der Waals surface area contributed by atoms with E-state index >= 15 is 0 Å². The van der Waals surface area contributed by atoms with E-state index in [0.717, 1.165) is 23.7 Å². The van der Waals surface area contributed by atoms with Crippen LogP contribution in [-0.2, 0) is 0 Å². The quantitative estimate of drug-likeness (QED) is 0.763. The van der Waals surface area contributed by atoms with E-state index in [1.807, 2.05) is 18.2 Å². The molecule has 15 heavy (non-hydrogen) atoms. The van der Waals surface area contributed by atoms with Crippen LogP contribution in [0.25, 0.3) is 0 Å². The van der Waals surface area contributed by atoms with Crippen LogP contribution in [0.4, 0.5) is 5.69 Å². The maximum atomic E-state index is 6.04. The number of ether oxygens (including phenoxy) is 2. The molecule has 1 N–H and O–H groups in total. The van der Waals surface area contributed by atoms with Crippen molar-refractivity contribution >= 4 is 5.69 Å². The van der Waals surface area contributed by atoms with E-state index in [1.165, 1.54) is 19.3 Å². The van der Waals surface area contributed by atoms with Crippen LogP contribution in [0.5, 0.6) is 11.5 Å². The lowest BCUT2D eigenvalue weighted by molar-refractivity contribution is 0.000148. The van der Waals surface area contributed by atoms with Gasteiger partial charge in [-0.25, -0.2) is 0 Å². The summed E-state index contributed by atoms with van der Waals surface area (Å²) >= 11 is 0. The number of nitrogens with one attached hydrogen (secondary N) is 1. The van der Waals surface area contributed by atoms with Crippen molar-refractivity contribution in [2.24, 2.45) is 0 Å². The highest BCUT2D eigenvalue weighted by molar-refractivity contribution is 5.61. The lowest BCUT2D eigenvalue weighted by Gasteiger charge is -2.45. The molecule has 0 amide bonds. The van der Waals surface area contributed by atoms with E-state index in [4.69, 9.17) is 9.47 Å². The number of benzene rings is 1. The van der Waals surface area contributed by atoms with Gasteiger partial charge in [0.05, 0.1) is 19.3 Å². The molecule has 0 radical (unpaired) electrons. The molecule has 1 fully saturated rings. The average Bonchev–Trinajstić information content (AvgIpc) is 2.25. The largest absolute Gasteiger partial charge is 0.497 e. The summed E-state index contributed by atoms with van der Waals surface area (Å²) in [5.41, 5.74) is 1.13. The molecular formula is C12H15NO2. The van der Waals surface area contributed by atoms with Crippen molar-refractivity contribution in [3.05, 3.63) is 18.2 Å². The first-order valence-electron chi connectivity index (χ1n) is 5.42. The highest BCUT2D eigenvalue weighted by Crippen LogP contribution is 2.43. The van der Waals surface area contributed by atoms with Gasteiger partial charge in [-0.3, -0.25) is 0 Å². The van der Waals surface area contributed by atoms with Gasteiger partial charge < -0.3 is 14.8 Å². The molecule has 80 valence electrons. The second kappa shape index (κ2) is 3.05. The number of rotatable bonds is 1. The molecule has 3 heteroatoms.